The van der Waals surface area contributed by atoms with E-state index in [0.717, 1.165) is 18.5 Å². The molecule has 21 heavy (non-hydrogen) atoms. The van der Waals surface area contributed by atoms with Crippen LogP contribution in [0.15, 0.2) is 30.3 Å². The summed E-state index contributed by atoms with van der Waals surface area (Å²) in [5.74, 6) is -0.0928. The first-order chi connectivity index (χ1) is 10.1. The highest BCUT2D eigenvalue weighted by atomic mass is 16.2. The van der Waals surface area contributed by atoms with E-state index in [1.165, 1.54) is 17.7 Å². The van der Waals surface area contributed by atoms with E-state index < -0.39 is 5.41 Å². The van der Waals surface area contributed by atoms with Gasteiger partial charge in [0, 0.05) is 19.0 Å². The summed E-state index contributed by atoms with van der Waals surface area (Å²) in [6, 6.07) is 9.90. The van der Waals surface area contributed by atoms with Crippen LogP contribution >= 0.6 is 0 Å². The Morgan fingerprint density at radius 3 is 2.67 bits per heavy atom. The van der Waals surface area contributed by atoms with Gasteiger partial charge < -0.3 is 5.32 Å². The number of hydrogen-bond donors (Lipinski definition) is 1. The van der Waals surface area contributed by atoms with Crippen molar-refractivity contribution in [3.63, 3.8) is 0 Å². The molecule has 1 N–H and O–H groups in total. The molecular weight excluding hydrogens is 264 g/mol. The van der Waals surface area contributed by atoms with Gasteiger partial charge >= 0.3 is 0 Å². The van der Waals surface area contributed by atoms with Gasteiger partial charge in [0.25, 0.3) is 0 Å². The molecule has 2 heterocycles. The van der Waals surface area contributed by atoms with Crippen LogP contribution in [0, 0.1) is 0 Å². The van der Waals surface area contributed by atoms with Gasteiger partial charge in [-0.1, -0.05) is 36.8 Å². The van der Waals surface area contributed by atoms with E-state index in [9.17, 15) is 9.59 Å². The maximum Gasteiger partial charge on any atom is 0.240 e. The SMILES string of the molecule is CC1(c2ccccc2)CC(=O)N(CC2CCCCN2)C1=O. The fraction of sp³-hybridized carbons (Fsp3) is 0.529. The van der Waals surface area contributed by atoms with Gasteiger partial charge in [0.1, 0.15) is 0 Å². The molecule has 2 aliphatic rings. The Morgan fingerprint density at radius 1 is 1.24 bits per heavy atom. The number of imide groups is 1. The number of carbonyl (C=O) groups is 2. The van der Waals surface area contributed by atoms with Gasteiger partial charge in [-0.25, -0.2) is 0 Å². The third-order valence-corrected chi connectivity index (χ3v) is 4.75. The minimum Gasteiger partial charge on any atom is -0.312 e. The summed E-state index contributed by atoms with van der Waals surface area (Å²) in [5, 5.41) is 3.41. The highest BCUT2D eigenvalue weighted by Gasteiger charge is 2.49. The van der Waals surface area contributed by atoms with Gasteiger partial charge in [-0.2, -0.15) is 0 Å². The van der Waals surface area contributed by atoms with Gasteiger partial charge in [-0.05, 0) is 31.9 Å². The second-order valence-electron chi connectivity index (χ2n) is 6.33. The minimum absolute atomic E-state index is 0.0428. The molecule has 0 saturated carbocycles. The Labute approximate surface area is 125 Å². The zero-order valence-corrected chi connectivity index (χ0v) is 12.5. The Kier molecular flexibility index (Phi) is 3.81. The minimum atomic E-state index is -0.701. The van der Waals surface area contributed by atoms with Crippen LogP contribution in [-0.4, -0.2) is 35.8 Å². The van der Waals surface area contributed by atoms with Gasteiger partial charge in [-0.3, -0.25) is 14.5 Å². The Morgan fingerprint density at radius 2 is 2.00 bits per heavy atom. The number of rotatable bonds is 3. The van der Waals surface area contributed by atoms with E-state index >= 15 is 0 Å². The lowest BCUT2D eigenvalue weighted by molar-refractivity contribution is -0.140. The molecule has 2 aliphatic heterocycles. The first-order valence-electron chi connectivity index (χ1n) is 7.75. The van der Waals surface area contributed by atoms with Gasteiger partial charge in [-0.15, -0.1) is 0 Å². The van der Waals surface area contributed by atoms with Gasteiger partial charge in [0.05, 0.1) is 5.41 Å². The molecule has 1 aromatic carbocycles. The lowest BCUT2D eigenvalue weighted by Crippen LogP contribution is -2.47. The largest absolute Gasteiger partial charge is 0.312 e. The smallest absolute Gasteiger partial charge is 0.240 e. The highest BCUT2D eigenvalue weighted by molar-refractivity contribution is 6.08. The fourth-order valence-electron chi connectivity index (χ4n) is 3.40. The van der Waals surface area contributed by atoms with Crippen LogP contribution in [0.1, 0.15) is 38.2 Å². The summed E-state index contributed by atoms with van der Waals surface area (Å²) in [7, 11) is 0. The summed E-state index contributed by atoms with van der Waals surface area (Å²) in [5.41, 5.74) is 0.231. The Balaban J connectivity index is 1.78. The molecule has 1 aromatic rings. The molecule has 0 aliphatic carbocycles. The van der Waals surface area contributed by atoms with E-state index in [-0.39, 0.29) is 24.3 Å². The van der Waals surface area contributed by atoms with Gasteiger partial charge in [0.2, 0.25) is 11.8 Å². The number of amides is 2. The highest BCUT2D eigenvalue weighted by Crippen LogP contribution is 2.36. The quantitative estimate of drug-likeness (QED) is 0.863. The van der Waals surface area contributed by atoms with Gasteiger partial charge in [0.15, 0.2) is 0 Å². The average Bonchev–Trinajstić information content (AvgIpc) is 2.74. The molecule has 0 bridgehead atoms. The first-order valence-corrected chi connectivity index (χ1v) is 7.75. The third-order valence-electron chi connectivity index (χ3n) is 4.75. The molecule has 0 radical (unpaired) electrons. The number of hydrogen-bond acceptors (Lipinski definition) is 3. The molecule has 3 rings (SSSR count). The van der Waals surface area contributed by atoms with Crippen molar-refractivity contribution in [2.75, 3.05) is 13.1 Å². The van der Waals surface area contributed by atoms with Crippen molar-refractivity contribution in [3.8, 4) is 0 Å². The van der Waals surface area contributed by atoms with Crippen LogP contribution in [0.5, 0.6) is 0 Å². The fourth-order valence-corrected chi connectivity index (χ4v) is 3.40. The predicted molar refractivity (Wildman–Crippen MR) is 80.8 cm³/mol. The topological polar surface area (TPSA) is 49.4 Å². The van der Waals surface area contributed by atoms with Crippen molar-refractivity contribution >= 4 is 11.8 Å². The van der Waals surface area contributed by atoms with E-state index in [0.29, 0.717) is 6.54 Å². The van der Waals surface area contributed by atoms with Crippen molar-refractivity contribution in [3.05, 3.63) is 35.9 Å². The lowest BCUT2D eigenvalue weighted by Gasteiger charge is -2.28. The van der Waals surface area contributed by atoms with Crippen molar-refractivity contribution < 1.29 is 9.59 Å². The van der Waals surface area contributed by atoms with E-state index in [1.807, 2.05) is 37.3 Å². The molecule has 2 saturated heterocycles. The van der Waals surface area contributed by atoms with Crippen LogP contribution in [0.25, 0.3) is 0 Å². The second kappa shape index (κ2) is 5.60. The van der Waals surface area contributed by atoms with Crippen LogP contribution in [0.4, 0.5) is 0 Å². The molecule has 4 nitrogen and oxygen atoms in total. The molecule has 2 atom stereocenters. The number of carbonyl (C=O) groups excluding carboxylic acids is 2. The molecule has 2 fully saturated rings. The van der Waals surface area contributed by atoms with E-state index in [2.05, 4.69) is 5.32 Å². The number of benzene rings is 1. The lowest BCUT2D eigenvalue weighted by atomic mass is 9.81. The van der Waals surface area contributed by atoms with Crippen molar-refractivity contribution in [1.29, 1.82) is 0 Å². The predicted octanol–water partition coefficient (Wildman–Crippen LogP) is 1.85. The zero-order chi connectivity index (χ0) is 14.9. The summed E-state index contributed by atoms with van der Waals surface area (Å²) < 4.78 is 0. The van der Waals surface area contributed by atoms with E-state index in [4.69, 9.17) is 0 Å². The number of piperidine rings is 1. The van der Waals surface area contributed by atoms with Crippen LogP contribution in [0.3, 0.4) is 0 Å². The summed E-state index contributed by atoms with van der Waals surface area (Å²) >= 11 is 0. The van der Waals surface area contributed by atoms with Crippen molar-refractivity contribution in [1.82, 2.24) is 10.2 Å². The third kappa shape index (κ3) is 2.60. The standard InChI is InChI=1S/C17H22N2O2/c1-17(13-7-3-2-4-8-13)11-15(20)19(16(17)21)12-14-9-5-6-10-18-14/h2-4,7-8,14,18H,5-6,9-12H2,1H3. The van der Waals surface area contributed by atoms with Crippen molar-refractivity contribution in [2.45, 2.75) is 44.1 Å². The molecular formula is C17H22N2O2. The number of likely N-dealkylation sites (tertiary alicyclic amines) is 1. The first kappa shape index (κ1) is 14.3. The average molecular weight is 286 g/mol. The monoisotopic (exact) mass is 286 g/mol. The Hall–Kier alpha value is -1.68. The summed E-state index contributed by atoms with van der Waals surface area (Å²) in [4.78, 5) is 26.6. The van der Waals surface area contributed by atoms with Crippen LogP contribution in [0.2, 0.25) is 0 Å². The molecule has 0 aromatic heterocycles. The maximum atomic E-state index is 12.8. The molecule has 112 valence electrons. The van der Waals surface area contributed by atoms with Crippen LogP contribution in [-0.2, 0) is 15.0 Å². The van der Waals surface area contributed by atoms with Crippen LogP contribution < -0.4 is 5.32 Å². The summed E-state index contributed by atoms with van der Waals surface area (Å²) in [6.07, 6.45) is 3.67. The number of nitrogens with one attached hydrogen (secondary N) is 1. The van der Waals surface area contributed by atoms with Crippen molar-refractivity contribution in [2.24, 2.45) is 0 Å². The maximum absolute atomic E-state index is 12.8. The molecule has 0 spiro atoms. The second-order valence-corrected chi connectivity index (χ2v) is 6.33. The molecule has 2 amide bonds. The Bertz CT molecular complexity index is 537. The normalized spacial score (nSPS) is 30.0. The molecule has 4 heteroatoms. The number of nitrogens with zero attached hydrogens (tertiary/aromatic N) is 1. The van der Waals surface area contributed by atoms with E-state index in [1.54, 1.807) is 0 Å². The summed E-state index contributed by atoms with van der Waals surface area (Å²) in [6.45, 7) is 3.38. The molecule has 2 unspecified atom stereocenters. The zero-order valence-electron chi connectivity index (χ0n) is 12.5.